The molecule has 20 heavy (non-hydrogen) atoms. The van der Waals surface area contributed by atoms with Gasteiger partial charge in [0.2, 0.25) is 5.91 Å². The molecule has 3 atom stereocenters. The predicted molar refractivity (Wildman–Crippen MR) is 73.2 cm³/mol. The highest BCUT2D eigenvalue weighted by Crippen LogP contribution is 2.49. The Labute approximate surface area is 124 Å². The van der Waals surface area contributed by atoms with Gasteiger partial charge in [-0.25, -0.2) is 9.45 Å². The number of hydrogen-bond donors (Lipinski definition) is 0. The van der Waals surface area contributed by atoms with Gasteiger partial charge in [-0.05, 0) is 25.1 Å². The van der Waals surface area contributed by atoms with Gasteiger partial charge < -0.3 is 4.74 Å². The van der Waals surface area contributed by atoms with E-state index < -0.39 is 5.54 Å². The van der Waals surface area contributed by atoms with Crippen molar-refractivity contribution in [1.82, 2.24) is 5.06 Å². The Kier molecular flexibility index (Phi) is 3.35. The van der Waals surface area contributed by atoms with Gasteiger partial charge in [-0.1, -0.05) is 15.9 Å². The van der Waals surface area contributed by atoms with Crippen molar-refractivity contribution < 1.29 is 18.8 Å². The quantitative estimate of drug-likeness (QED) is 0.786. The average molecular weight is 344 g/mol. The molecular weight excluding hydrogens is 329 g/mol. The Hall–Kier alpha value is -0.980. The van der Waals surface area contributed by atoms with Crippen LogP contribution in [-0.2, 0) is 19.9 Å². The first-order valence-electron chi connectivity index (χ1n) is 6.47. The molecule has 1 aromatic carbocycles. The molecule has 6 heteroatoms. The van der Waals surface area contributed by atoms with E-state index >= 15 is 0 Å². The summed E-state index contributed by atoms with van der Waals surface area (Å²) in [6.07, 6.45) is -0.0854. The highest BCUT2D eigenvalue weighted by Gasteiger charge is 2.60. The van der Waals surface area contributed by atoms with Crippen LogP contribution in [0.2, 0.25) is 0 Å². The van der Waals surface area contributed by atoms with Gasteiger partial charge in [0.05, 0.1) is 19.3 Å². The molecule has 0 N–H and O–H groups in total. The van der Waals surface area contributed by atoms with Crippen LogP contribution in [0.25, 0.3) is 0 Å². The van der Waals surface area contributed by atoms with Crippen molar-refractivity contribution in [2.24, 2.45) is 5.92 Å². The summed E-state index contributed by atoms with van der Waals surface area (Å²) in [5.74, 6) is -0.674. The van der Waals surface area contributed by atoms with Gasteiger partial charge in [-0.15, -0.1) is 0 Å². The molecule has 0 aromatic heterocycles. The van der Waals surface area contributed by atoms with E-state index in [0.717, 1.165) is 4.47 Å². The van der Waals surface area contributed by atoms with E-state index in [2.05, 4.69) is 15.9 Å². The summed E-state index contributed by atoms with van der Waals surface area (Å²) in [6.45, 7) is 3.94. The van der Waals surface area contributed by atoms with Crippen molar-refractivity contribution in [3.63, 3.8) is 0 Å². The van der Waals surface area contributed by atoms with Gasteiger partial charge >= 0.3 is 0 Å². The minimum absolute atomic E-state index is 0.0739. The molecule has 1 amide bonds. The smallest absolute Gasteiger partial charge is 0.243 e. The van der Waals surface area contributed by atoms with Gasteiger partial charge in [0.1, 0.15) is 11.4 Å². The number of hydroxylamine groups is 2. The van der Waals surface area contributed by atoms with Crippen molar-refractivity contribution in [2.75, 3.05) is 13.2 Å². The fourth-order valence-corrected chi connectivity index (χ4v) is 3.57. The first-order valence-corrected chi connectivity index (χ1v) is 7.27. The third-order valence-electron chi connectivity index (χ3n) is 4.17. The second-order valence-electron chi connectivity index (χ2n) is 5.28. The van der Waals surface area contributed by atoms with Gasteiger partial charge in [0, 0.05) is 22.9 Å². The van der Waals surface area contributed by atoms with Gasteiger partial charge in [0.25, 0.3) is 0 Å². The lowest BCUT2D eigenvalue weighted by Gasteiger charge is -2.35. The monoisotopic (exact) mass is 343 g/mol. The molecule has 2 aliphatic heterocycles. The predicted octanol–water partition coefficient (Wildman–Crippen LogP) is 2.61. The molecule has 3 rings (SSSR count). The lowest BCUT2D eigenvalue weighted by atomic mass is 9.78. The van der Waals surface area contributed by atoms with Crippen LogP contribution in [0.1, 0.15) is 19.4 Å². The lowest BCUT2D eigenvalue weighted by molar-refractivity contribution is -0.193. The fraction of sp³-hybridized carbons (Fsp3) is 0.500. The summed E-state index contributed by atoms with van der Waals surface area (Å²) in [6, 6.07) is 4.73. The number of benzene rings is 1. The zero-order chi connectivity index (χ0) is 14.5. The highest BCUT2D eigenvalue weighted by molar-refractivity contribution is 9.10. The Bertz CT molecular complexity index is 567. The molecule has 108 valence electrons. The SMILES string of the molecule is CC(=O)N1OC[C@@H]2[C@@H](C)OC[C@@]21c1cc(Br)ccc1F. The number of carbonyl (C=O) groups is 1. The fourth-order valence-electron chi connectivity index (χ4n) is 3.21. The van der Waals surface area contributed by atoms with Crippen LogP contribution in [0.3, 0.4) is 0 Å². The van der Waals surface area contributed by atoms with Crippen LogP contribution >= 0.6 is 15.9 Å². The van der Waals surface area contributed by atoms with Crippen molar-refractivity contribution in [3.05, 3.63) is 34.1 Å². The standard InChI is InChI=1S/C14H15BrFNO3/c1-8-12-6-20-17(9(2)18)14(12,7-19-8)11-5-10(15)3-4-13(11)16/h3-5,8,12H,6-7H2,1-2H3/t8-,12-,14-/m1/s1. The molecule has 2 saturated heterocycles. The number of ether oxygens (including phenoxy) is 1. The molecule has 1 aromatic rings. The summed E-state index contributed by atoms with van der Waals surface area (Å²) in [4.78, 5) is 17.4. The van der Waals surface area contributed by atoms with Crippen molar-refractivity contribution in [1.29, 1.82) is 0 Å². The highest BCUT2D eigenvalue weighted by atomic mass is 79.9. The topological polar surface area (TPSA) is 38.8 Å². The molecule has 4 nitrogen and oxygen atoms in total. The number of fused-ring (bicyclic) bond motifs is 1. The van der Waals surface area contributed by atoms with Crippen LogP contribution in [0.4, 0.5) is 4.39 Å². The molecule has 2 aliphatic rings. The number of hydrogen-bond acceptors (Lipinski definition) is 3. The van der Waals surface area contributed by atoms with Crippen molar-refractivity contribution >= 4 is 21.8 Å². The Morgan fingerprint density at radius 1 is 1.55 bits per heavy atom. The summed E-state index contributed by atoms with van der Waals surface area (Å²) >= 11 is 3.36. The van der Waals surface area contributed by atoms with Crippen LogP contribution in [-0.4, -0.2) is 30.3 Å². The Morgan fingerprint density at radius 3 is 3.00 bits per heavy atom. The second-order valence-corrected chi connectivity index (χ2v) is 6.20. The maximum atomic E-state index is 14.3. The number of carbonyl (C=O) groups excluding carboxylic acids is 1. The van der Waals surface area contributed by atoms with E-state index in [1.807, 2.05) is 6.92 Å². The lowest BCUT2D eigenvalue weighted by Crippen LogP contribution is -2.48. The Morgan fingerprint density at radius 2 is 2.30 bits per heavy atom. The zero-order valence-corrected chi connectivity index (χ0v) is 12.8. The van der Waals surface area contributed by atoms with Crippen LogP contribution in [0.15, 0.2) is 22.7 Å². The number of halogens is 2. The number of amides is 1. The summed E-state index contributed by atoms with van der Waals surface area (Å²) in [5, 5.41) is 1.28. The third-order valence-corrected chi connectivity index (χ3v) is 4.67. The first-order chi connectivity index (χ1) is 9.46. The molecule has 0 aliphatic carbocycles. The largest absolute Gasteiger partial charge is 0.375 e. The van der Waals surface area contributed by atoms with E-state index in [-0.39, 0.29) is 30.4 Å². The zero-order valence-electron chi connectivity index (χ0n) is 11.2. The maximum absolute atomic E-state index is 14.3. The maximum Gasteiger partial charge on any atom is 0.243 e. The van der Waals surface area contributed by atoms with Crippen molar-refractivity contribution in [2.45, 2.75) is 25.5 Å². The van der Waals surface area contributed by atoms with Crippen LogP contribution in [0.5, 0.6) is 0 Å². The van der Waals surface area contributed by atoms with E-state index in [0.29, 0.717) is 12.2 Å². The summed E-state index contributed by atoms with van der Waals surface area (Å²) in [5.41, 5.74) is -0.437. The Balaban J connectivity index is 2.18. The first kappa shape index (κ1) is 14.0. The minimum atomic E-state index is -0.876. The van der Waals surface area contributed by atoms with E-state index in [4.69, 9.17) is 9.57 Å². The van der Waals surface area contributed by atoms with Crippen LogP contribution < -0.4 is 0 Å². The number of rotatable bonds is 1. The molecular formula is C14H15BrFNO3. The second kappa shape index (κ2) is 4.79. The summed E-state index contributed by atoms with van der Waals surface area (Å²) < 4.78 is 20.8. The normalized spacial score (nSPS) is 32.5. The average Bonchev–Trinajstić information content (AvgIpc) is 2.92. The minimum Gasteiger partial charge on any atom is -0.375 e. The summed E-state index contributed by atoms with van der Waals surface area (Å²) in [7, 11) is 0. The van der Waals surface area contributed by atoms with Crippen LogP contribution in [0, 0.1) is 11.7 Å². The number of nitrogens with zero attached hydrogens (tertiary/aromatic N) is 1. The van der Waals surface area contributed by atoms with Crippen molar-refractivity contribution in [3.8, 4) is 0 Å². The van der Waals surface area contributed by atoms with Gasteiger partial charge in [0.15, 0.2) is 0 Å². The molecule has 2 heterocycles. The molecule has 0 unspecified atom stereocenters. The molecule has 0 saturated carbocycles. The molecule has 0 spiro atoms. The van der Waals surface area contributed by atoms with Gasteiger partial charge in [-0.2, -0.15) is 0 Å². The van der Waals surface area contributed by atoms with Gasteiger partial charge in [-0.3, -0.25) is 9.63 Å². The molecule has 2 fully saturated rings. The molecule has 0 radical (unpaired) electrons. The van der Waals surface area contributed by atoms with E-state index in [1.54, 1.807) is 12.1 Å². The van der Waals surface area contributed by atoms with E-state index in [9.17, 15) is 9.18 Å². The third kappa shape index (κ3) is 1.82. The molecule has 0 bridgehead atoms. The van der Waals surface area contributed by atoms with E-state index in [1.165, 1.54) is 18.1 Å².